The Hall–Kier alpha value is -1.69. The molecule has 4 aliphatic rings. The summed E-state index contributed by atoms with van der Waals surface area (Å²) in [7, 11) is 0. The maximum atomic E-state index is 13.0. The first-order valence-electron chi connectivity index (χ1n) is 8.09. The average Bonchev–Trinajstić information content (AvgIpc) is 2.48. The normalized spacial score (nSPS) is 38.0. The molecule has 4 saturated carbocycles. The van der Waals surface area contributed by atoms with E-state index in [1.165, 1.54) is 32.1 Å². The molecule has 5 rings (SSSR count). The van der Waals surface area contributed by atoms with Gasteiger partial charge in [0, 0.05) is 18.3 Å². The molecule has 3 heteroatoms. The standard InChI is InChI=1S/C18H20N2O/c19-9-16(13-2-1-3-20-10-13)18(21)17-14-5-11-4-12(7-14)8-15(17)6-11/h1-3,10-12,14-17H,4-8H2. The van der Waals surface area contributed by atoms with Crippen LogP contribution in [0.1, 0.15) is 43.6 Å². The number of pyridine rings is 1. The fourth-order valence-corrected chi connectivity index (χ4v) is 5.43. The number of carbonyl (C=O) groups is 1. The first-order chi connectivity index (χ1) is 10.3. The van der Waals surface area contributed by atoms with E-state index in [0.29, 0.717) is 11.8 Å². The van der Waals surface area contributed by atoms with E-state index >= 15 is 0 Å². The molecule has 1 unspecified atom stereocenters. The second-order valence-electron chi connectivity index (χ2n) is 7.21. The van der Waals surface area contributed by atoms with Crippen LogP contribution >= 0.6 is 0 Å². The minimum Gasteiger partial charge on any atom is -0.298 e. The first kappa shape index (κ1) is 13.0. The maximum Gasteiger partial charge on any atom is 0.158 e. The van der Waals surface area contributed by atoms with Gasteiger partial charge in [0.15, 0.2) is 5.78 Å². The Morgan fingerprint density at radius 2 is 1.86 bits per heavy atom. The lowest BCUT2D eigenvalue weighted by Crippen LogP contribution is -2.48. The molecule has 0 aliphatic heterocycles. The quantitative estimate of drug-likeness (QED) is 0.853. The number of hydrogen-bond donors (Lipinski definition) is 0. The smallest absolute Gasteiger partial charge is 0.158 e. The number of nitrogens with zero attached hydrogens (tertiary/aromatic N) is 2. The van der Waals surface area contributed by atoms with Crippen LogP contribution in [-0.4, -0.2) is 10.8 Å². The van der Waals surface area contributed by atoms with E-state index in [0.717, 1.165) is 17.4 Å². The third-order valence-electron chi connectivity index (χ3n) is 5.99. The van der Waals surface area contributed by atoms with Crippen LogP contribution in [0, 0.1) is 40.9 Å². The number of nitriles is 1. The van der Waals surface area contributed by atoms with Crippen molar-refractivity contribution in [1.29, 1.82) is 5.26 Å². The molecule has 1 atom stereocenters. The Labute approximate surface area is 125 Å². The Morgan fingerprint density at radius 3 is 2.38 bits per heavy atom. The number of aromatic nitrogens is 1. The maximum absolute atomic E-state index is 13.0. The summed E-state index contributed by atoms with van der Waals surface area (Å²) in [6.07, 6.45) is 9.61. The van der Waals surface area contributed by atoms with Crippen molar-refractivity contribution < 1.29 is 4.79 Å². The molecule has 0 N–H and O–H groups in total. The topological polar surface area (TPSA) is 53.8 Å². The number of ketones is 1. The molecule has 108 valence electrons. The number of hydrogen-bond acceptors (Lipinski definition) is 3. The lowest BCUT2D eigenvalue weighted by Gasteiger charge is -2.54. The highest BCUT2D eigenvalue weighted by Crippen LogP contribution is 2.57. The predicted octanol–water partition coefficient (Wildman–Crippen LogP) is 3.33. The second kappa shape index (κ2) is 4.94. The van der Waals surface area contributed by atoms with Crippen molar-refractivity contribution in [1.82, 2.24) is 4.98 Å². The molecular formula is C18H20N2O. The van der Waals surface area contributed by atoms with Gasteiger partial charge in [-0.05, 0) is 67.4 Å². The molecule has 0 amide bonds. The fraction of sp³-hybridized carbons (Fsp3) is 0.611. The lowest BCUT2D eigenvalue weighted by atomic mass is 9.50. The molecular weight excluding hydrogens is 260 g/mol. The fourth-order valence-electron chi connectivity index (χ4n) is 5.43. The van der Waals surface area contributed by atoms with Gasteiger partial charge in [0.25, 0.3) is 0 Å². The Morgan fingerprint density at radius 1 is 1.19 bits per heavy atom. The summed E-state index contributed by atoms with van der Waals surface area (Å²) in [6.45, 7) is 0. The molecule has 0 saturated heterocycles. The van der Waals surface area contributed by atoms with Crippen LogP contribution < -0.4 is 0 Å². The molecule has 21 heavy (non-hydrogen) atoms. The molecule has 0 radical (unpaired) electrons. The van der Waals surface area contributed by atoms with Crippen LogP contribution in [0.4, 0.5) is 0 Å². The van der Waals surface area contributed by atoms with E-state index in [-0.39, 0.29) is 11.7 Å². The third kappa shape index (κ3) is 2.09. The van der Waals surface area contributed by atoms with Gasteiger partial charge in [0.05, 0.1) is 6.07 Å². The highest BCUT2D eigenvalue weighted by atomic mass is 16.1. The summed E-state index contributed by atoms with van der Waals surface area (Å²) >= 11 is 0. The van der Waals surface area contributed by atoms with Crippen LogP contribution in [0.15, 0.2) is 24.5 Å². The Balaban J connectivity index is 1.61. The van der Waals surface area contributed by atoms with Crippen molar-refractivity contribution in [3.8, 4) is 6.07 Å². The molecule has 4 aliphatic carbocycles. The van der Waals surface area contributed by atoms with Gasteiger partial charge in [-0.15, -0.1) is 0 Å². The SMILES string of the molecule is N#CC(C(=O)C1C2CC3CC(C2)CC1C3)c1cccnc1. The van der Waals surface area contributed by atoms with Gasteiger partial charge in [0.1, 0.15) is 5.92 Å². The molecule has 1 aromatic heterocycles. The van der Waals surface area contributed by atoms with Crippen molar-refractivity contribution >= 4 is 5.78 Å². The number of rotatable bonds is 3. The van der Waals surface area contributed by atoms with Crippen LogP contribution in [0.3, 0.4) is 0 Å². The minimum absolute atomic E-state index is 0.127. The van der Waals surface area contributed by atoms with Crippen LogP contribution in [0.2, 0.25) is 0 Å². The minimum atomic E-state index is -0.624. The lowest BCUT2D eigenvalue weighted by molar-refractivity contribution is -0.136. The van der Waals surface area contributed by atoms with Crippen molar-refractivity contribution in [2.45, 2.75) is 38.0 Å². The molecule has 0 spiro atoms. The Kier molecular flexibility index (Phi) is 3.06. The summed E-state index contributed by atoms with van der Waals surface area (Å²) in [5.74, 6) is 2.47. The monoisotopic (exact) mass is 280 g/mol. The highest BCUT2D eigenvalue weighted by Gasteiger charge is 2.51. The predicted molar refractivity (Wildman–Crippen MR) is 78.1 cm³/mol. The number of Topliss-reactive ketones (excluding diaryl/α,β-unsaturated/α-hetero) is 1. The van der Waals surface area contributed by atoms with Gasteiger partial charge in [-0.1, -0.05) is 6.07 Å². The third-order valence-corrected chi connectivity index (χ3v) is 5.99. The summed E-state index contributed by atoms with van der Waals surface area (Å²) in [4.78, 5) is 17.1. The van der Waals surface area contributed by atoms with Crippen molar-refractivity contribution in [3.05, 3.63) is 30.1 Å². The summed E-state index contributed by atoms with van der Waals surface area (Å²) in [5, 5.41) is 9.51. The van der Waals surface area contributed by atoms with Gasteiger partial charge >= 0.3 is 0 Å². The average molecular weight is 280 g/mol. The van der Waals surface area contributed by atoms with Crippen molar-refractivity contribution in [3.63, 3.8) is 0 Å². The molecule has 0 aromatic carbocycles. The van der Waals surface area contributed by atoms with Gasteiger partial charge in [0.2, 0.25) is 0 Å². The van der Waals surface area contributed by atoms with E-state index in [9.17, 15) is 10.1 Å². The van der Waals surface area contributed by atoms with Gasteiger partial charge in [-0.2, -0.15) is 5.26 Å². The van der Waals surface area contributed by atoms with Crippen LogP contribution in [0.5, 0.6) is 0 Å². The van der Waals surface area contributed by atoms with Crippen molar-refractivity contribution in [2.75, 3.05) is 0 Å². The molecule has 1 heterocycles. The van der Waals surface area contributed by atoms with Crippen LogP contribution in [0.25, 0.3) is 0 Å². The molecule has 3 nitrogen and oxygen atoms in total. The van der Waals surface area contributed by atoms with E-state index in [4.69, 9.17) is 0 Å². The number of carbonyl (C=O) groups excluding carboxylic acids is 1. The van der Waals surface area contributed by atoms with Gasteiger partial charge in [-0.3, -0.25) is 9.78 Å². The molecule has 1 aromatic rings. The van der Waals surface area contributed by atoms with E-state index in [1.807, 2.05) is 12.1 Å². The first-order valence-corrected chi connectivity index (χ1v) is 8.09. The van der Waals surface area contributed by atoms with E-state index < -0.39 is 5.92 Å². The summed E-state index contributed by atoms with van der Waals surface area (Å²) in [5.41, 5.74) is 0.763. The van der Waals surface area contributed by atoms with E-state index in [2.05, 4.69) is 11.1 Å². The molecule has 4 bridgehead atoms. The second-order valence-corrected chi connectivity index (χ2v) is 7.21. The van der Waals surface area contributed by atoms with Gasteiger partial charge in [-0.25, -0.2) is 0 Å². The Bertz CT molecular complexity index is 561. The highest BCUT2D eigenvalue weighted by molar-refractivity contribution is 5.91. The summed E-state index contributed by atoms with van der Waals surface area (Å²) < 4.78 is 0. The zero-order valence-corrected chi connectivity index (χ0v) is 12.1. The zero-order chi connectivity index (χ0) is 14.4. The van der Waals surface area contributed by atoms with Gasteiger partial charge < -0.3 is 0 Å². The molecule has 4 fully saturated rings. The zero-order valence-electron chi connectivity index (χ0n) is 12.1. The van der Waals surface area contributed by atoms with Crippen LogP contribution in [-0.2, 0) is 4.79 Å². The summed E-state index contributed by atoms with van der Waals surface area (Å²) in [6, 6.07) is 5.90. The largest absolute Gasteiger partial charge is 0.298 e. The van der Waals surface area contributed by atoms with E-state index in [1.54, 1.807) is 12.4 Å². The van der Waals surface area contributed by atoms with Crippen molar-refractivity contribution in [2.24, 2.45) is 29.6 Å².